The zero-order valence-corrected chi connectivity index (χ0v) is 18.2. The van der Waals surface area contributed by atoms with Gasteiger partial charge in [0.15, 0.2) is 0 Å². The summed E-state index contributed by atoms with van der Waals surface area (Å²) < 4.78 is 10.5. The lowest BCUT2D eigenvalue weighted by Crippen LogP contribution is -2.61. The monoisotopic (exact) mass is 422 g/mol. The SMILES string of the molecule is COCCN1C(=O)c2ccccc2[C@@H](C(=O)NCc2ccc(OC)cc2)C12CCCC2. The molecule has 1 N–H and O–H groups in total. The summed E-state index contributed by atoms with van der Waals surface area (Å²) in [6, 6.07) is 15.2. The Labute approximate surface area is 183 Å². The van der Waals surface area contributed by atoms with Crippen molar-refractivity contribution in [2.24, 2.45) is 0 Å². The van der Waals surface area contributed by atoms with Crippen molar-refractivity contribution in [3.63, 3.8) is 0 Å². The normalized spacial score (nSPS) is 19.4. The third kappa shape index (κ3) is 3.92. The molecule has 0 saturated heterocycles. The van der Waals surface area contributed by atoms with Gasteiger partial charge in [0.2, 0.25) is 5.91 Å². The van der Waals surface area contributed by atoms with Crippen LogP contribution in [-0.2, 0) is 16.1 Å². The third-order valence-corrected chi connectivity index (χ3v) is 6.70. The molecule has 164 valence electrons. The second-order valence-corrected chi connectivity index (χ2v) is 8.35. The number of nitrogens with one attached hydrogen (secondary N) is 1. The molecule has 2 aromatic carbocycles. The first-order valence-corrected chi connectivity index (χ1v) is 10.9. The topological polar surface area (TPSA) is 67.9 Å². The van der Waals surface area contributed by atoms with Gasteiger partial charge >= 0.3 is 0 Å². The Morgan fingerprint density at radius 1 is 1.10 bits per heavy atom. The van der Waals surface area contributed by atoms with Gasteiger partial charge in [0, 0.05) is 25.8 Å². The summed E-state index contributed by atoms with van der Waals surface area (Å²) in [5, 5.41) is 3.14. The number of methoxy groups -OCH3 is 2. The van der Waals surface area contributed by atoms with E-state index >= 15 is 0 Å². The van der Waals surface area contributed by atoms with Gasteiger partial charge in [-0.05, 0) is 42.2 Å². The van der Waals surface area contributed by atoms with E-state index in [1.54, 1.807) is 14.2 Å². The second kappa shape index (κ2) is 9.10. The van der Waals surface area contributed by atoms with Crippen LogP contribution in [0.5, 0.6) is 5.75 Å². The smallest absolute Gasteiger partial charge is 0.254 e. The highest BCUT2D eigenvalue weighted by Crippen LogP contribution is 2.50. The van der Waals surface area contributed by atoms with Crippen molar-refractivity contribution in [3.8, 4) is 5.75 Å². The minimum absolute atomic E-state index is 0.00811. The maximum absolute atomic E-state index is 13.6. The Hall–Kier alpha value is -2.86. The van der Waals surface area contributed by atoms with Crippen LogP contribution in [0.3, 0.4) is 0 Å². The molecule has 2 aromatic rings. The van der Waals surface area contributed by atoms with E-state index in [1.165, 1.54) is 0 Å². The number of amides is 2. The van der Waals surface area contributed by atoms with Gasteiger partial charge in [-0.15, -0.1) is 0 Å². The standard InChI is InChI=1S/C25H30N2O4/c1-30-16-15-27-24(29)21-8-4-3-7-20(21)22(25(27)13-5-6-14-25)23(28)26-17-18-9-11-19(31-2)12-10-18/h3-4,7-12,22H,5-6,13-17H2,1-2H3,(H,26,28)/t22-/m0/s1. The second-order valence-electron chi connectivity index (χ2n) is 8.35. The van der Waals surface area contributed by atoms with Crippen LogP contribution in [0.15, 0.2) is 48.5 Å². The molecule has 0 radical (unpaired) electrons. The van der Waals surface area contributed by atoms with Crippen molar-refractivity contribution in [3.05, 3.63) is 65.2 Å². The van der Waals surface area contributed by atoms with Gasteiger partial charge in [-0.3, -0.25) is 9.59 Å². The Morgan fingerprint density at radius 2 is 1.81 bits per heavy atom. The predicted octanol–water partition coefficient (Wildman–Crippen LogP) is 3.51. The maximum atomic E-state index is 13.6. The fraction of sp³-hybridized carbons (Fsp3) is 0.440. The Morgan fingerprint density at radius 3 is 2.48 bits per heavy atom. The predicted molar refractivity (Wildman–Crippen MR) is 118 cm³/mol. The molecule has 0 bridgehead atoms. The number of carbonyl (C=O) groups excluding carboxylic acids is 2. The Bertz CT molecular complexity index is 935. The number of rotatable bonds is 7. The molecule has 2 amide bonds. The molecule has 4 rings (SSSR count). The van der Waals surface area contributed by atoms with E-state index < -0.39 is 5.54 Å². The van der Waals surface area contributed by atoms with Crippen LogP contribution >= 0.6 is 0 Å². The van der Waals surface area contributed by atoms with Crippen molar-refractivity contribution in [2.75, 3.05) is 27.4 Å². The quantitative estimate of drug-likeness (QED) is 0.742. The van der Waals surface area contributed by atoms with Crippen LogP contribution < -0.4 is 10.1 Å². The van der Waals surface area contributed by atoms with Gasteiger partial charge in [0.1, 0.15) is 5.75 Å². The largest absolute Gasteiger partial charge is 0.497 e. The molecule has 1 fully saturated rings. The molecule has 0 aromatic heterocycles. The van der Waals surface area contributed by atoms with Crippen molar-refractivity contribution in [2.45, 2.75) is 43.7 Å². The minimum Gasteiger partial charge on any atom is -0.497 e. The number of ether oxygens (including phenoxy) is 2. The zero-order valence-electron chi connectivity index (χ0n) is 18.2. The molecule has 31 heavy (non-hydrogen) atoms. The summed E-state index contributed by atoms with van der Waals surface area (Å²) in [6.07, 6.45) is 3.69. The number of hydrogen-bond donors (Lipinski definition) is 1. The molecule has 1 atom stereocenters. The number of nitrogens with zero attached hydrogens (tertiary/aromatic N) is 1. The third-order valence-electron chi connectivity index (χ3n) is 6.70. The minimum atomic E-state index is -0.492. The van der Waals surface area contributed by atoms with Crippen LogP contribution in [0, 0.1) is 0 Å². The molecule has 1 aliphatic heterocycles. The number of fused-ring (bicyclic) bond motifs is 1. The average Bonchev–Trinajstić information content (AvgIpc) is 3.28. The summed E-state index contributed by atoms with van der Waals surface area (Å²) in [4.78, 5) is 29.0. The van der Waals surface area contributed by atoms with Gasteiger partial charge in [-0.1, -0.05) is 43.2 Å². The fourth-order valence-corrected chi connectivity index (χ4v) is 5.21. The molecule has 1 aliphatic carbocycles. The molecule has 1 saturated carbocycles. The van der Waals surface area contributed by atoms with Gasteiger partial charge in [-0.2, -0.15) is 0 Å². The molecule has 1 heterocycles. The lowest BCUT2D eigenvalue weighted by atomic mass is 9.71. The highest BCUT2D eigenvalue weighted by atomic mass is 16.5. The molecule has 6 heteroatoms. The number of benzene rings is 2. The van der Waals surface area contributed by atoms with Crippen molar-refractivity contribution < 1.29 is 19.1 Å². The van der Waals surface area contributed by atoms with Crippen LogP contribution in [0.1, 0.15) is 53.1 Å². The van der Waals surface area contributed by atoms with Gasteiger partial charge in [-0.25, -0.2) is 0 Å². The lowest BCUT2D eigenvalue weighted by Gasteiger charge is -2.50. The van der Waals surface area contributed by atoms with Crippen LogP contribution in [-0.4, -0.2) is 49.6 Å². The van der Waals surface area contributed by atoms with E-state index in [4.69, 9.17) is 9.47 Å². The van der Waals surface area contributed by atoms with Crippen molar-refractivity contribution >= 4 is 11.8 Å². The molecule has 2 aliphatic rings. The van der Waals surface area contributed by atoms with Crippen LogP contribution in [0.2, 0.25) is 0 Å². The summed E-state index contributed by atoms with van der Waals surface area (Å²) in [5.74, 6) is 0.376. The first-order chi connectivity index (χ1) is 15.1. The Balaban J connectivity index is 1.66. The lowest BCUT2D eigenvalue weighted by molar-refractivity contribution is -0.126. The number of carbonyl (C=O) groups is 2. The van der Waals surface area contributed by atoms with Gasteiger partial charge in [0.25, 0.3) is 5.91 Å². The van der Waals surface area contributed by atoms with E-state index in [0.29, 0.717) is 25.3 Å². The summed E-state index contributed by atoms with van der Waals surface area (Å²) in [5.41, 5.74) is 1.98. The van der Waals surface area contributed by atoms with Crippen molar-refractivity contribution in [1.82, 2.24) is 10.2 Å². The Kier molecular flexibility index (Phi) is 6.28. The van der Waals surface area contributed by atoms with E-state index in [9.17, 15) is 9.59 Å². The van der Waals surface area contributed by atoms with E-state index in [2.05, 4.69) is 5.32 Å². The maximum Gasteiger partial charge on any atom is 0.254 e. The van der Waals surface area contributed by atoms with E-state index in [1.807, 2.05) is 53.4 Å². The number of hydrogen-bond acceptors (Lipinski definition) is 4. The fourth-order valence-electron chi connectivity index (χ4n) is 5.21. The highest BCUT2D eigenvalue weighted by Gasteiger charge is 2.55. The molecule has 0 unspecified atom stereocenters. The molecule has 1 spiro atoms. The van der Waals surface area contributed by atoms with Gasteiger partial charge in [0.05, 0.1) is 25.2 Å². The van der Waals surface area contributed by atoms with E-state index in [0.717, 1.165) is 42.6 Å². The summed E-state index contributed by atoms with van der Waals surface area (Å²) >= 11 is 0. The summed E-state index contributed by atoms with van der Waals surface area (Å²) in [7, 11) is 3.28. The van der Waals surface area contributed by atoms with Crippen LogP contribution in [0.25, 0.3) is 0 Å². The molecular formula is C25H30N2O4. The van der Waals surface area contributed by atoms with E-state index in [-0.39, 0.29) is 17.7 Å². The summed E-state index contributed by atoms with van der Waals surface area (Å²) in [6.45, 7) is 1.38. The zero-order chi connectivity index (χ0) is 21.8. The first-order valence-electron chi connectivity index (χ1n) is 10.9. The van der Waals surface area contributed by atoms with Crippen molar-refractivity contribution in [1.29, 1.82) is 0 Å². The van der Waals surface area contributed by atoms with Gasteiger partial charge < -0.3 is 19.7 Å². The first kappa shape index (κ1) is 21.4. The van der Waals surface area contributed by atoms with Crippen LogP contribution in [0.4, 0.5) is 0 Å². The average molecular weight is 423 g/mol. The molecular weight excluding hydrogens is 392 g/mol. The molecule has 6 nitrogen and oxygen atoms in total. The highest BCUT2D eigenvalue weighted by molar-refractivity contribution is 6.02.